The van der Waals surface area contributed by atoms with Crippen LogP contribution in [-0.4, -0.2) is 46.9 Å². The summed E-state index contributed by atoms with van der Waals surface area (Å²) >= 11 is 0. The number of oxazole rings is 1. The third-order valence-electron chi connectivity index (χ3n) is 5.86. The van der Waals surface area contributed by atoms with E-state index in [1.807, 2.05) is 13.0 Å². The maximum Gasteiger partial charge on any atom is 0.293 e. The number of amides is 2. The molecule has 148 valence electrons. The Kier molecular flexibility index (Phi) is 5.17. The van der Waals surface area contributed by atoms with E-state index in [4.69, 9.17) is 4.42 Å². The van der Waals surface area contributed by atoms with Crippen LogP contribution in [0.3, 0.4) is 0 Å². The van der Waals surface area contributed by atoms with E-state index in [9.17, 15) is 9.59 Å². The molecule has 1 aromatic heterocycles. The Hall–Kier alpha value is -2.67. The van der Waals surface area contributed by atoms with Gasteiger partial charge < -0.3 is 15.1 Å². The van der Waals surface area contributed by atoms with E-state index in [2.05, 4.69) is 20.5 Å². The Morgan fingerprint density at radius 3 is 2.68 bits per heavy atom. The molecule has 0 bridgehead atoms. The van der Waals surface area contributed by atoms with Crippen LogP contribution >= 0.6 is 0 Å². The number of fused-ring (bicyclic) bond motifs is 1. The summed E-state index contributed by atoms with van der Waals surface area (Å²) in [7, 11) is 0. The van der Waals surface area contributed by atoms with Crippen molar-refractivity contribution in [3.63, 3.8) is 0 Å². The summed E-state index contributed by atoms with van der Waals surface area (Å²) in [6.45, 7) is 5.88. The molecule has 0 radical (unpaired) electrons. The molecule has 2 amide bonds. The largest absolute Gasteiger partial charge is 0.438 e. The van der Waals surface area contributed by atoms with Crippen molar-refractivity contribution >= 4 is 17.5 Å². The van der Waals surface area contributed by atoms with Gasteiger partial charge in [0.1, 0.15) is 0 Å². The number of nitrogens with one attached hydrogen (secondary N) is 2. The average Bonchev–Trinajstić information content (AvgIpc) is 3.32. The summed E-state index contributed by atoms with van der Waals surface area (Å²) in [4.78, 5) is 31.7. The second-order valence-corrected chi connectivity index (χ2v) is 7.72. The Labute approximate surface area is 164 Å². The summed E-state index contributed by atoms with van der Waals surface area (Å²) in [5.74, 6) is -0.285. The lowest BCUT2D eigenvalue weighted by Crippen LogP contribution is -2.52. The normalized spacial score (nSPS) is 21.9. The fourth-order valence-corrected chi connectivity index (χ4v) is 4.31. The molecule has 2 aliphatic rings. The minimum absolute atomic E-state index is 0.0925. The van der Waals surface area contributed by atoms with Crippen molar-refractivity contribution in [2.75, 3.05) is 18.4 Å². The summed E-state index contributed by atoms with van der Waals surface area (Å²) in [6, 6.07) is 6.02. The van der Waals surface area contributed by atoms with Gasteiger partial charge >= 0.3 is 0 Å². The van der Waals surface area contributed by atoms with E-state index in [1.165, 1.54) is 12.8 Å². The first-order valence-electron chi connectivity index (χ1n) is 9.90. The van der Waals surface area contributed by atoms with Crippen LogP contribution in [0.4, 0.5) is 5.69 Å². The molecular weight excluding hydrogens is 356 g/mol. The predicted molar refractivity (Wildman–Crippen MR) is 105 cm³/mol. The SMILES string of the molecule is Cc1ccc(C(=O)N[C@H]2CCCN3CCC[C@@H]23)cc1NC(=O)c1ocnc1C. The molecular formula is C21H26N4O3. The third kappa shape index (κ3) is 3.67. The predicted octanol–water partition coefficient (Wildman–Crippen LogP) is 2.90. The van der Waals surface area contributed by atoms with E-state index < -0.39 is 0 Å². The van der Waals surface area contributed by atoms with Gasteiger partial charge in [-0.1, -0.05) is 6.07 Å². The Morgan fingerprint density at radius 2 is 1.93 bits per heavy atom. The van der Waals surface area contributed by atoms with Crippen molar-refractivity contribution in [3.05, 3.63) is 47.2 Å². The van der Waals surface area contributed by atoms with E-state index >= 15 is 0 Å². The molecule has 0 saturated carbocycles. The molecule has 4 rings (SSSR count). The lowest BCUT2D eigenvalue weighted by molar-refractivity contribution is 0.0867. The van der Waals surface area contributed by atoms with Crippen LogP contribution in [0.1, 0.15) is 57.9 Å². The molecule has 2 N–H and O–H groups in total. The van der Waals surface area contributed by atoms with Crippen LogP contribution in [0.5, 0.6) is 0 Å². The minimum Gasteiger partial charge on any atom is -0.438 e. The van der Waals surface area contributed by atoms with Crippen LogP contribution in [0.25, 0.3) is 0 Å². The number of hydrogen-bond donors (Lipinski definition) is 2. The van der Waals surface area contributed by atoms with Crippen LogP contribution < -0.4 is 10.6 Å². The highest BCUT2D eigenvalue weighted by Gasteiger charge is 2.35. The van der Waals surface area contributed by atoms with Crippen molar-refractivity contribution in [2.24, 2.45) is 0 Å². The molecule has 0 spiro atoms. The zero-order valence-electron chi connectivity index (χ0n) is 16.3. The molecule has 7 nitrogen and oxygen atoms in total. The Morgan fingerprint density at radius 1 is 1.14 bits per heavy atom. The topological polar surface area (TPSA) is 87.5 Å². The van der Waals surface area contributed by atoms with Crippen LogP contribution in [0, 0.1) is 13.8 Å². The number of carbonyl (C=O) groups is 2. The van der Waals surface area contributed by atoms with E-state index in [-0.39, 0.29) is 23.6 Å². The minimum atomic E-state index is -0.371. The molecule has 2 atom stereocenters. The highest BCUT2D eigenvalue weighted by atomic mass is 16.3. The van der Waals surface area contributed by atoms with E-state index in [0.29, 0.717) is 23.0 Å². The highest BCUT2D eigenvalue weighted by Crippen LogP contribution is 2.27. The van der Waals surface area contributed by atoms with Gasteiger partial charge in [-0.2, -0.15) is 0 Å². The smallest absolute Gasteiger partial charge is 0.293 e. The molecule has 7 heteroatoms. The van der Waals surface area contributed by atoms with Crippen molar-refractivity contribution in [2.45, 2.75) is 51.6 Å². The molecule has 28 heavy (non-hydrogen) atoms. The molecule has 2 saturated heterocycles. The fourth-order valence-electron chi connectivity index (χ4n) is 4.31. The van der Waals surface area contributed by atoms with Gasteiger partial charge in [0.05, 0.1) is 5.69 Å². The maximum atomic E-state index is 12.9. The van der Waals surface area contributed by atoms with Gasteiger partial charge in [-0.15, -0.1) is 0 Å². The second-order valence-electron chi connectivity index (χ2n) is 7.72. The van der Waals surface area contributed by atoms with Gasteiger partial charge in [0.2, 0.25) is 5.76 Å². The zero-order valence-corrected chi connectivity index (χ0v) is 16.3. The molecule has 1 aromatic carbocycles. The molecule has 3 heterocycles. The van der Waals surface area contributed by atoms with Gasteiger partial charge in [-0.25, -0.2) is 4.98 Å². The number of aromatic nitrogens is 1. The zero-order chi connectivity index (χ0) is 19.7. The number of aryl methyl sites for hydroxylation is 2. The fraction of sp³-hybridized carbons (Fsp3) is 0.476. The number of nitrogens with zero attached hydrogens (tertiary/aromatic N) is 2. The summed E-state index contributed by atoms with van der Waals surface area (Å²) in [6.07, 6.45) is 5.74. The van der Waals surface area contributed by atoms with E-state index in [1.54, 1.807) is 19.1 Å². The maximum absolute atomic E-state index is 12.9. The molecule has 2 aromatic rings. The number of anilines is 1. The van der Waals surface area contributed by atoms with Crippen LogP contribution in [-0.2, 0) is 0 Å². The molecule has 2 aliphatic heterocycles. The van der Waals surface area contributed by atoms with Crippen LogP contribution in [0.15, 0.2) is 29.0 Å². The van der Waals surface area contributed by atoms with Crippen molar-refractivity contribution in [1.82, 2.24) is 15.2 Å². The molecule has 0 aliphatic carbocycles. The lowest BCUT2D eigenvalue weighted by atomic mass is 9.96. The second kappa shape index (κ2) is 7.75. The number of hydrogen-bond acceptors (Lipinski definition) is 5. The van der Waals surface area contributed by atoms with Crippen LogP contribution in [0.2, 0.25) is 0 Å². The van der Waals surface area contributed by atoms with Gasteiger partial charge in [0, 0.05) is 23.3 Å². The highest BCUT2D eigenvalue weighted by molar-refractivity contribution is 6.04. The number of piperidine rings is 1. The van der Waals surface area contributed by atoms with Gasteiger partial charge in [-0.3, -0.25) is 14.5 Å². The Balaban J connectivity index is 1.47. The van der Waals surface area contributed by atoms with Gasteiger partial charge in [-0.05, 0) is 70.3 Å². The summed E-state index contributed by atoms with van der Waals surface area (Å²) in [5.41, 5.74) is 2.55. The first-order valence-corrected chi connectivity index (χ1v) is 9.90. The van der Waals surface area contributed by atoms with E-state index in [0.717, 1.165) is 37.9 Å². The number of carbonyl (C=O) groups excluding carboxylic acids is 2. The van der Waals surface area contributed by atoms with Crippen molar-refractivity contribution in [3.8, 4) is 0 Å². The third-order valence-corrected chi connectivity index (χ3v) is 5.86. The average molecular weight is 382 g/mol. The number of benzene rings is 1. The standard InChI is InChI=1S/C21H26N4O3/c1-13-7-8-15(11-17(13)24-21(27)19-14(2)22-12-28-19)20(26)23-16-5-3-9-25-10-4-6-18(16)25/h7-8,11-12,16,18H,3-6,9-10H2,1-2H3,(H,23,26)(H,24,27)/t16-,18-/m0/s1. The van der Waals surface area contributed by atoms with Crippen molar-refractivity contribution < 1.29 is 14.0 Å². The summed E-state index contributed by atoms with van der Waals surface area (Å²) in [5, 5.41) is 6.05. The van der Waals surface area contributed by atoms with Crippen molar-refractivity contribution in [1.29, 1.82) is 0 Å². The summed E-state index contributed by atoms with van der Waals surface area (Å²) < 4.78 is 5.15. The quantitative estimate of drug-likeness (QED) is 0.849. The first-order chi connectivity index (χ1) is 13.5. The lowest BCUT2D eigenvalue weighted by Gasteiger charge is -2.37. The first kappa shape index (κ1) is 18.7. The Bertz CT molecular complexity index is 892. The molecule has 0 unspecified atom stereocenters. The number of rotatable bonds is 4. The molecule has 2 fully saturated rings. The van der Waals surface area contributed by atoms with Gasteiger partial charge in [0.25, 0.3) is 11.8 Å². The monoisotopic (exact) mass is 382 g/mol. The van der Waals surface area contributed by atoms with Gasteiger partial charge in [0.15, 0.2) is 6.39 Å².